The van der Waals surface area contributed by atoms with Gasteiger partial charge < -0.3 is 10.1 Å². The van der Waals surface area contributed by atoms with Crippen LogP contribution in [0.15, 0.2) is 24.3 Å². The molecular weight excluding hydrogens is 384 g/mol. The van der Waals surface area contributed by atoms with Gasteiger partial charge >= 0.3 is 5.97 Å². The first-order valence-electron chi connectivity index (χ1n) is 8.75. The molecule has 1 aromatic heterocycles. The Bertz CT molecular complexity index is 830. The Balaban J connectivity index is 0.00000261. The smallest absolute Gasteiger partial charge is 0.341 e. The molecule has 1 aliphatic heterocycles. The monoisotopic (exact) mass is 408 g/mol. The molecule has 27 heavy (non-hydrogen) atoms. The van der Waals surface area contributed by atoms with Crippen LogP contribution in [0.2, 0.25) is 0 Å². The van der Waals surface area contributed by atoms with Crippen molar-refractivity contribution in [2.24, 2.45) is 0 Å². The summed E-state index contributed by atoms with van der Waals surface area (Å²) in [5.41, 5.74) is 3.19. The Labute approximate surface area is 170 Å². The van der Waals surface area contributed by atoms with Crippen molar-refractivity contribution in [3.63, 3.8) is 0 Å². The van der Waals surface area contributed by atoms with E-state index >= 15 is 0 Å². The number of rotatable bonds is 4. The van der Waals surface area contributed by atoms with Crippen LogP contribution in [0.25, 0.3) is 0 Å². The number of carbonyl (C=O) groups excluding carboxylic acids is 2. The number of esters is 1. The molecular formula is C20H25ClN2O3S. The third kappa shape index (κ3) is 4.51. The zero-order valence-electron chi connectivity index (χ0n) is 16.0. The Hall–Kier alpha value is -1.89. The number of hydrogen-bond donors (Lipinski definition) is 1. The van der Waals surface area contributed by atoms with Crippen molar-refractivity contribution in [3.8, 4) is 0 Å². The van der Waals surface area contributed by atoms with Crippen LogP contribution >= 0.6 is 23.7 Å². The number of ether oxygens (including phenoxy) is 1. The van der Waals surface area contributed by atoms with E-state index in [0.29, 0.717) is 22.2 Å². The molecule has 0 saturated heterocycles. The van der Waals surface area contributed by atoms with E-state index in [4.69, 9.17) is 4.74 Å². The van der Waals surface area contributed by atoms with Gasteiger partial charge in [0.2, 0.25) is 0 Å². The molecule has 146 valence electrons. The number of carbonyl (C=O) groups is 2. The summed E-state index contributed by atoms with van der Waals surface area (Å²) in [6.07, 6.45) is 0.787. The van der Waals surface area contributed by atoms with E-state index in [0.717, 1.165) is 35.5 Å². The summed E-state index contributed by atoms with van der Waals surface area (Å²) in [5, 5.41) is 3.50. The highest BCUT2D eigenvalue weighted by atomic mass is 35.5. The van der Waals surface area contributed by atoms with Gasteiger partial charge in [0, 0.05) is 29.6 Å². The Morgan fingerprint density at radius 2 is 1.89 bits per heavy atom. The Kier molecular flexibility index (Phi) is 7.03. The second-order valence-corrected chi connectivity index (χ2v) is 7.94. The lowest BCUT2D eigenvalue weighted by Gasteiger charge is -2.30. The SMILES string of the molecule is COC(=O)c1c(NC(=O)c2ccc(C)cc2)sc2c1CCN(C(C)C)C2.Cl. The Morgan fingerprint density at radius 3 is 2.48 bits per heavy atom. The molecule has 1 amide bonds. The molecule has 2 heterocycles. The molecule has 0 unspecified atom stereocenters. The van der Waals surface area contributed by atoms with Crippen LogP contribution in [0.3, 0.4) is 0 Å². The largest absolute Gasteiger partial charge is 0.465 e. The zero-order chi connectivity index (χ0) is 18.8. The molecule has 5 nitrogen and oxygen atoms in total. The van der Waals surface area contributed by atoms with E-state index in [2.05, 4.69) is 24.1 Å². The first kappa shape index (κ1) is 21.4. The highest BCUT2D eigenvalue weighted by Gasteiger charge is 2.30. The molecule has 0 spiro atoms. The summed E-state index contributed by atoms with van der Waals surface area (Å²) in [5.74, 6) is -0.603. The van der Waals surface area contributed by atoms with E-state index in [1.165, 1.54) is 18.4 Å². The van der Waals surface area contributed by atoms with Crippen LogP contribution < -0.4 is 5.32 Å². The standard InChI is InChI=1S/C20H24N2O3S.ClH/c1-12(2)22-10-9-15-16(11-22)26-19(17(15)20(24)25-4)21-18(23)14-7-5-13(3)6-8-14;/h5-8,12H,9-11H2,1-4H3,(H,21,23);1H. The number of amides is 1. The van der Waals surface area contributed by atoms with Crippen molar-refractivity contribution in [2.45, 2.75) is 39.8 Å². The van der Waals surface area contributed by atoms with Crippen LogP contribution in [-0.2, 0) is 17.7 Å². The normalized spacial score (nSPS) is 13.7. The molecule has 0 radical (unpaired) electrons. The van der Waals surface area contributed by atoms with Crippen LogP contribution in [-0.4, -0.2) is 36.5 Å². The average Bonchev–Trinajstić information content (AvgIpc) is 2.98. The van der Waals surface area contributed by atoms with Crippen molar-refractivity contribution in [1.82, 2.24) is 4.90 Å². The number of nitrogens with zero attached hydrogens (tertiary/aromatic N) is 1. The van der Waals surface area contributed by atoms with E-state index in [1.807, 2.05) is 19.1 Å². The number of fused-ring (bicyclic) bond motifs is 1. The first-order chi connectivity index (χ1) is 12.4. The Morgan fingerprint density at radius 1 is 1.22 bits per heavy atom. The fourth-order valence-corrected chi connectivity index (χ4v) is 4.41. The quantitative estimate of drug-likeness (QED) is 0.767. The molecule has 1 aliphatic rings. The molecule has 0 aliphatic carbocycles. The van der Waals surface area contributed by atoms with Crippen LogP contribution in [0.4, 0.5) is 5.00 Å². The van der Waals surface area contributed by atoms with E-state index in [9.17, 15) is 9.59 Å². The minimum atomic E-state index is -0.389. The van der Waals surface area contributed by atoms with Gasteiger partial charge in [0.25, 0.3) is 5.91 Å². The molecule has 7 heteroatoms. The number of thiophene rings is 1. The van der Waals surface area contributed by atoms with Gasteiger partial charge in [0.05, 0.1) is 12.7 Å². The van der Waals surface area contributed by atoms with Gasteiger partial charge in [-0.2, -0.15) is 0 Å². The summed E-state index contributed by atoms with van der Waals surface area (Å²) >= 11 is 1.48. The molecule has 0 fully saturated rings. The average molecular weight is 409 g/mol. The summed E-state index contributed by atoms with van der Waals surface area (Å²) < 4.78 is 4.98. The van der Waals surface area contributed by atoms with Crippen LogP contribution in [0.1, 0.15) is 50.6 Å². The van der Waals surface area contributed by atoms with Crippen molar-refractivity contribution in [1.29, 1.82) is 0 Å². The topological polar surface area (TPSA) is 58.6 Å². The van der Waals surface area contributed by atoms with Crippen molar-refractivity contribution in [2.75, 3.05) is 19.0 Å². The minimum absolute atomic E-state index is 0. The zero-order valence-corrected chi connectivity index (χ0v) is 17.6. The number of hydrogen-bond acceptors (Lipinski definition) is 5. The van der Waals surface area contributed by atoms with E-state index in [1.54, 1.807) is 12.1 Å². The van der Waals surface area contributed by atoms with Gasteiger partial charge in [-0.3, -0.25) is 9.69 Å². The highest BCUT2D eigenvalue weighted by molar-refractivity contribution is 7.17. The second kappa shape index (κ2) is 8.87. The molecule has 0 saturated carbocycles. The van der Waals surface area contributed by atoms with Crippen LogP contribution in [0.5, 0.6) is 0 Å². The molecule has 0 bridgehead atoms. The highest BCUT2D eigenvalue weighted by Crippen LogP contribution is 2.38. The first-order valence-corrected chi connectivity index (χ1v) is 9.57. The second-order valence-electron chi connectivity index (χ2n) is 6.83. The summed E-state index contributed by atoms with van der Waals surface area (Å²) in [7, 11) is 1.38. The third-order valence-electron chi connectivity index (χ3n) is 4.75. The predicted molar refractivity (Wildman–Crippen MR) is 111 cm³/mol. The molecule has 0 atom stereocenters. The van der Waals surface area contributed by atoms with Gasteiger partial charge in [-0.15, -0.1) is 23.7 Å². The maximum Gasteiger partial charge on any atom is 0.341 e. The molecule has 1 N–H and O–H groups in total. The fourth-order valence-electron chi connectivity index (χ4n) is 3.15. The summed E-state index contributed by atoms with van der Waals surface area (Å²) in [6, 6.07) is 7.82. The number of nitrogens with one attached hydrogen (secondary N) is 1. The maximum atomic E-state index is 12.6. The summed E-state index contributed by atoms with van der Waals surface area (Å²) in [6.45, 7) is 8.00. The molecule has 2 aromatic rings. The van der Waals surface area contributed by atoms with Gasteiger partial charge in [0.1, 0.15) is 5.00 Å². The number of aryl methyl sites for hydroxylation is 1. The van der Waals surface area contributed by atoms with Gasteiger partial charge in [-0.25, -0.2) is 4.79 Å². The number of halogens is 1. The number of methoxy groups -OCH3 is 1. The third-order valence-corrected chi connectivity index (χ3v) is 5.88. The minimum Gasteiger partial charge on any atom is -0.465 e. The van der Waals surface area contributed by atoms with Crippen molar-refractivity contribution >= 4 is 40.6 Å². The van der Waals surface area contributed by atoms with Gasteiger partial charge in [0.15, 0.2) is 0 Å². The van der Waals surface area contributed by atoms with Gasteiger partial charge in [-0.1, -0.05) is 17.7 Å². The lowest BCUT2D eigenvalue weighted by molar-refractivity contribution is 0.0600. The van der Waals surface area contributed by atoms with Gasteiger partial charge in [-0.05, 0) is 44.9 Å². The van der Waals surface area contributed by atoms with Crippen LogP contribution in [0, 0.1) is 6.92 Å². The van der Waals surface area contributed by atoms with E-state index in [-0.39, 0.29) is 24.3 Å². The maximum absolute atomic E-state index is 12.6. The lowest BCUT2D eigenvalue weighted by Crippen LogP contribution is -2.35. The molecule has 3 rings (SSSR count). The lowest BCUT2D eigenvalue weighted by atomic mass is 10.0. The number of anilines is 1. The van der Waals surface area contributed by atoms with Crippen molar-refractivity contribution in [3.05, 3.63) is 51.4 Å². The van der Waals surface area contributed by atoms with Crippen molar-refractivity contribution < 1.29 is 14.3 Å². The van der Waals surface area contributed by atoms with E-state index < -0.39 is 0 Å². The fraction of sp³-hybridized carbons (Fsp3) is 0.400. The predicted octanol–water partition coefficient (Wildman–Crippen LogP) is 4.28. The number of benzene rings is 1. The summed E-state index contributed by atoms with van der Waals surface area (Å²) in [4.78, 5) is 28.5. The molecule has 1 aromatic carbocycles.